The molecule has 0 aromatic heterocycles. The number of benzene rings is 1. The summed E-state index contributed by atoms with van der Waals surface area (Å²) in [5.74, 6) is 3.43. The van der Waals surface area contributed by atoms with Crippen LogP contribution in [0.3, 0.4) is 0 Å². The van der Waals surface area contributed by atoms with E-state index >= 15 is 0 Å². The van der Waals surface area contributed by atoms with E-state index < -0.39 is 0 Å². The van der Waals surface area contributed by atoms with E-state index in [9.17, 15) is 0 Å². The molecular formula is C54H126. The summed E-state index contributed by atoms with van der Waals surface area (Å²) in [5.41, 5.74) is 6.22. The van der Waals surface area contributed by atoms with Crippen LogP contribution in [-0.4, -0.2) is 0 Å². The highest BCUT2D eigenvalue weighted by Gasteiger charge is 2.16. The molecule has 342 valence electrons. The summed E-state index contributed by atoms with van der Waals surface area (Å²) in [6.07, 6.45) is 16.3. The second-order valence-corrected chi connectivity index (χ2v) is 13.5. The van der Waals surface area contributed by atoms with Gasteiger partial charge in [0.25, 0.3) is 0 Å². The van der Waals surface area contributed by atoms with Gasteiger partial charge in [-0.1, -0.05) is 278 Å². The molecule has 0 heteroatoms. The fourth-order valence-electron chi connectivity index (χ4n) is 2.30. The highest BCUT2D eigenvalue weighted by atomic mass is 14.2. The maximum absolute atomic E-state index is 2.37. The lowest BCUT2D eigenvalue weighted by Gasteiger charge is -2.24. The lowest BCUT2D eigenvalue weighted by Crippen LogP contribution is -2.13. The van der Waals surface area contributed by atoms with Crippen molar-refractivity contribution in [2.75, 3.05) is 0 Å². The Bertz CT molecular complexity index is 539. The summed E-state index contributed by atoms with van der Waals surface area (Å²) in [5, 5.41) is 0. The van der Waals surface area contributed by atoms with Gasteiger partial charge >= 0.3 is 0 Å². The van der Waals surface area contributed by atoms with Gasteiger partial charge in [-0.25, -0.2) is 0 Å². The molecule has 1 aromatic carbocycles. The van der Waals surface area contributed by atoms with Gasteiger partial charge in [-0.05, 0) is 79.0 Å². The van der Waals surface area contributed by atoms with E-state index in [0.717, 1.165) is 23.7 Å². The Morgan fingerprint density at radius 2 is 0.741 bits per heavy atom. The first-order chi connectivity index (χ1) is 25.7. The summed E-state index contributed by atoms with van der Waals surface area (Å²) in [4.78, 5) is 0. The smallest absolute Gasteiger partial charge is 0.0247 e. The van der Waals surface area contributed by atoms with Gasteiger partial charge in [0.1, 0.15) is 0 Å². The van der Waals surface area contributed by atoms with E-state index in [4.69, 9.17) is 0 Å². The molecule has 0 bridgehead atoms. The number of fused-ring (bicyclic) bond motifs is 1. The van der Waals surface area contributed by atoms with Gasteiger partial charge in [-0.2, -0.15) is 0 Å². The summed E-state index contributed by atoms with van der Waals surface area (Å²) >= 11 is 0. The molecule has 54 heavy (non-hydrogen) atoms. The van der Waals surface area contributed by atoms with Crippen LogP contribution in [0, 0.1) is 37.5 Å². The topological polar surface area (TPSA) is 0 Å². The number of hydrogen-bond donors (Lipinski definition) is 0. The molecule has 1 atom stereocenters. The van der Waals surface area contributed by atoms with E-state index in [1.807, 2.05) is 96.9 Å². The highest BCUT2D eigenvalue weighted by molar-refractivity contribution is 5.41. The van der Waals surface area contributed by atoms with Gasteiger partial charge in [0.05, 0.1) is 0 Å². The quantitative estimate of drug-likeness (QED) is 0.287. The fourth-order valence-corrected chi connectivity index (χ4v) is 2.30. The van der Waals surface area contributed by atoms with Crippen LogP contribution < -0.4 is 0 Å². The summed E-state index contributed by atoms with van der Waals surface area (Å²) in [6, 6.07) is 4.59. The van der Waals surface area contributed by atoms with Crippen molar-refractivity contribution in [3.8, 4) is 0 Å². The van der Waals surface area contributed by atoms with Crippen molar-refractivity contribution in [1.29, 1.82) is 0 Å². The zero-order valence-corrected chi connectivity index (χ0v) is 45.9. The molecule has 0 radical (unpaired) electrons. The number of aryl methyl sites for hydroxylation is 2. The Morgan fingerprint density at radius 1 is 0.500 bits per heavy atom. The summed E-state index contributed by atoms with van der Waals surface area (Å²) in [6.45, 7) is 67.5. The minimum atomic E-state index is 0.833. The predicted molar refractivity (Wildman–Crippen MR) is 274 cm³/mol. The molecule has 1 aromatic rings. The average Bonchev–Trinajstić information content (AvgIpc) is 4.10. The first-order valence-electron chi connectivity index (χ1n) is 24.7. The van der Waals surface area contributed by atoms with Crippen LogP contribution in [0.15, 0.2) is 12.1 Å². The van der Waals surface area contributed by atoms with E-state index in [0.29, 0.717) is 0 Å². The molecule has 0 saturated heterocycles. The van der Waals surface area contributed by atoms with E-state index in [1.54, 1.807) is 11.1 Å². The van der Waals surface area contributed by atoms with E-state index in [2.05, 4.69) is 137 Å². The van der Waals surface area contributed by atoms with Crippen LogP contribution in [0.25, 0.3) is 0 Å². The molecule has 2 aliphatic rings. The number of hydrogen-bond acceptors (Lipinski definition) is 0. The van der Waals surface area contributed by atoms with Crippen molar-refractivity contribution in [2.45, 2.75) is 299 Å². The monoisotopic (exact) mass is 775 g/mol. The maximum atomic E-state index is 2.37. The van der Waals surface area contributed by atoms with Crippen molar-refractivity contribution in [3.63, 3.8) is 0 Å². The molecule has 0 heterocycles. The van der Waals surface area contributed by atoms with Crippen molar-refractivity contribution in [1.82, 2.24) is 0 Å². The summed E-state index contributed by atoms with van der Waals surface area (Å²) in [7, 11) is 0. The van der Waals surface area contributed by atoms with Gasteiger partial charge in [0.2, 0.25) is 0 Å². The average molecular weight is 776 g/mol. The second-order valence-electron chi connectivity index (χ2n) is 13.5. The van der Waals surface area contributed by atoms with Crippen LogP contribution in [0.4, 0.5) is 0 Å². The molecule has 0 amide bonds. The molecule has 2 aliphatic carbocycles. The first kappa shape index (κ1) is 85.4. The normalized spacial score (nSPS) is 10.9. The van der Waals surface area contributed by atoms with Crippen molar-refractivity contribution < 1.29 is 0 Å². The van der Waals surface area contributed by atoms with Crippen molar-refractivity contribution in [2.24, 2.45) is 23.7 Å². The Kier molecular flexibility index (Phi) is 156. The van der Waals surface area contributed by atoms with Crippen molar-refractivity contribution >= 4 is 0 Å². The molecule has 1 unspecified atom stereocenters. The Labute approximate surface area is 355 Å². The fraction of sp³-hybridized carbons (Fsp3) is 0.889. The zero-order chi connectivity index (χ0) is 46.5. The number of rotatable bonds is 3. The molecule has 0 spiro atoms. The third kappa shape index (κ3) is 141. The Balaban J connectivity index is -0.0000000376. The largest absolute Gasteiger partial charge is 0.0683 e. The Hall–Kier alpha value is -0.780. The second kappa shape index (κ2) is 98.9. The molecule has 0 N–H and O–H groups in total. The van der Waals surface area contributed by atoms with Crippen LogP contribution >= 0.6 is 0 Å². The van der Waals surface area contributed by atoms with Crippen LogP contribution in [-0.2, 0) is 12.8 Å². The predicted octanol–water partition coefficient (Wildman–Crippen LogP) is 22.2. The maximum Gasteiger partial charge on any atom is -0.0247 e. The van der Waals surface area contributed by atoms with Gasteiger partial charge in [-0.15, -0.1) is 0 Å². The molecule has 1 fully saturated rings. The molecule has 0 nitrogen and oxygen atoms in total. The SMILES string of the molecule is C1CC1.CC.CC.CC.CC.CC.CC.CC.CC(C)C.CC(C)C.CCC.CCC(C)C.CCCC.CCCC.Cc1ccc2c(c1C)CC(C)CC2. The van der Waals surface area contributed by atoms with E-state index in [-0.39, 0.29) is 0 Å². The minimum absolute atomic E-state index is 0.833. The summed E-state index contributed by atoms with van der Waals surface area (Å²) < 4.78 is 0. The van der Waals surface area contributed by atoms with Crippen LogP contribution in [0.5, 0.6) is 0 Å². The molecule has 0 aliphatic heterocycles. The van der Waals surface area contributed by atoms with Crippen LogP contribution in [0.1, 0.15) is 294 Å². The number of unbranched alkanes of at least 4 members (excludes halogenated alkanes) is 2. The first-order valence-corrected chi connectivity index (χ1v) is 24.7. The van der Waals surface area contributed by atoms with E-state index in [1.165, 1.54) is 88.2 Å². The van der Waals surface area contributed by atoms with Gasteiger partial charge in [0, 0.05) is 0 Å². The van der Waals surface area contributed by atoms with Crippen LogP contribution in [0.2, 0.25) is 0 Å². The standard InChI is InChI=1S/C13H18.C5H12.4C4H10.C3H6.C3H8.7C2H6/c1-9-4-6-12-7-5-10(2)11(3)13(12)8-9;1-4-5(2)3;2*1-4(2)3;2*1-3-4-2;1-2-3-1;1-3-2;7*1-2/h5,7,9H,4,6,8H2,1-3H3;5H,4H2,1-3H3;2*4H,1-3H3;2*3-4H2,1-2H3;1-3H2;3H2,1-2H3;7*1-2H3. The Morgan fingerprint density at radius 3 is 0.926 bits per heavy atom. The zero-order valence-electron chi connectivity index (χ0n) is 45.9. The van der Waals surface area contributed by atoms with Crippen molar-refractivity contribution in [3.05, 3.63) is 34.4 Å². The lowest BCUT2D eigenvalue weighted by atomic mass is 9.82. The lowest BCUT2D eigenvalue weighted by molar-refractivity contribution is 0.499. The minimum Gasteiger partial charge on any atom is -0.0683 e. The third-order valence-electron chi connectivity index (χ3n) is 5.60. The van der Waals surface area contributed by atoms with Gasteiger partial charge in [0.15, 0.2) is 0 Å². The third-order valence-corrected chi connectivity index (χ3v) is 5.60. The van der Waals surface area contributed by atoms with Gasteiger partial charge < -0.3 is 0 Å². The molecule has 3 rings (SSSR count). The van der Waals surface area contributed by atoms with Gasteiger partial charge in [-0.3, -0.25) is 0 Å². The molecular weight excluding hydrogens is 649 g/mol. The molecule has 1 saturated carbocycles. The highest BCUT2D eigenvalue weighted by Crippen LogP contribution is 2.29.